The lowest BCUT2D eigenvalue weighted by atomic mass is 10.5. The average molecular weight is 343 g/mol. The van der Waals surface area contributed by atoms with Crippen LogP contribution in [0.1, 0.15) is 10.6 Å². The maximum atomic E-state index is 13.5. The van der Waals surface area contributed by atoms with E-state index >= 15 is 0 Å². The van der Waals surface area contributed by atoms with E-state index < -0.39 is 29.4 Å². The predicted molar refractivity (Wildman–Crippen MR) is 98.8 cm³/mol. The van der Waals surface area contributed by atoms with Crippen molar-refractivity contribution in [1.29, 1.82) is 0 Å². The second kappa shape index (κ2) is 5.22. The number of carbonyl (C=O) groups is 1. The molecule has 2 nitrogen and oxygen atoms in total. The zero-order valence-corrected chi connectivity index (χ0v) is 18.5. The van der Waals surface area contributed by atoms with E-state index in [0.29, 0.717) is 11.2 Å². The Labute approximate surface area is 127 Å². The van der Waals surface area contributed by atoms with Gasteiger partial charge >= 0.3 is 0 Å². The molecule has 0 atom stereocenters. The summed E-state index contributed by atoms with van der Waals surface area (Å²) in [6, 6.07) is 3.73. The Bertz CT molecular complexity index is 437. The van der Waals surface area contributed by atoms with Gasteiger partial charge in [0, 0.05) is 22.8 Å². The van der Waals surface area contributed by atoms with Gasteiger partial charge in [0.2, 0.25) is 0 Å². The summed E-state index contributed by atoms with van der Waals surface area (Å²) in [7, 11) is -4.72. The first-order valence-corrected chi connectivity index (χ1v) is 22.8. The van der Waals surface area contributed by atoms with Crippen LogP contribution in [0.4, 0.5) is 0 Å². The zero-order valence-electron chi connectivity index (χ0n) is 14.5. The molecule has 0 spiro atoms. The van der Waals surface area contributed by atoms with Gasteiger partial charge in [-0.05, 0) is 12.1 Å². The highest BCUT2D eigenvalue weighted by Crippen LogP contribution is 2.39. The molecule has 20 heavy (non-hydrogen) atoms. The molecular weight excluding hydrogens is 312 g/mol. The van der Waals surface area contributed by atoms with Crippen molar-refractivity contribution in [2.75, 3.05) is 0 Å². The molecule has 0 radical (unpaired) electrons. The predicted octanol–water partition coefficient (Wildman–Crippen LogP) is 4.70. The normalized spacial score (nSPS) is 14.4. The van der Waals surface area contributed by atoms with Crippen LogP contribution in [0, 0.1) is 0 Å². The Morgan fingerprint density at radius 3 is 1.50 bits per heavy atom. The minimum Gasteiger partial charge on any atom is -0.462 e. The summed E-state index contributed by atoms with van der Waals surface area (Å²) in [6.07, 6.45) is 1.64. The maximum Gasteiger partial charge on any atom is 0.167 e. The van der Waals surface area contributed by atoms with Crippen LogP contribution < -0.4 is 0 Å². The van der Waals surface area contributed by atoms with Crippen molar-refractivity contribution in [3.63, 3.8) is 0 Å². The van der Waals surface area contributed by atoms with E-state index in [0.717, 1.165) is 0 Å². The number of carbonyl (C=O) groups excluding carboxylic acids is 1. The summed E-state index contributed by atoms with van der Waals surface area (Å²) in [5.74, 6) is 0.629. The van der Waals surface area contributed by atoms with Gasteiger partial charge in [0.25, 0.3) is 0 Å². The highest BCUT2D eigenvalue weighted by Gasteiger charge is 2.67. The van der Waals surface area contributed by atoms with Gasteiger partial charge in [-0.25, -0.2) is 0 Å². The largest absolute Gasteiger partial charge is 0.462 e. The van der Waals surface area contributed by atoms with Crippen molar-refractivity contribution in [2.45, 2.75) is 58.9 Å². The summed E-state index contributed by atoms with van der Waals surface area (Å²) in [5, 5.41) is 0.431. The molecule has 0 saturated carbocycles. The third-order valence-corrected chi connectivity index (χ3v) is 74.9. The summed E-state index contributed by atoms with van der Waals surface area (Å²) in [4.78, 5) is 13.5. The minimum atomic E-state index is -2.02. The molecule has 1 heterocycles. The van der Waals surface area contributed by atoms with Gasteiger partial charge in [-0.3, -0.25) is 4.79 Å². The van der Waals surface area contributed by atoms with Crippen molar-refractivity contribution < 1.29 is 9.21 Å². The SMILES string of the molecule is C[Si](C)(C)[Si](C(=O)c1ccco1)([Si](C)(C)C)[Si](C)(C)C. The smallest absolute Gasteiger partial charge is 0.167 e. The minimum absolute atomic E-state index is 0.431. The van der Waals surface area contributed by atoms with Gasteiger partial charge in [-0.1, -0.05) is 58.9 Å². The Morgan fingerprint density at radius 2 is 1.25 bits per heavy atom. The molecule has 6 heteroatoms. The Hall–Kier alpha value is -0.182. The van der Waals surface area contributed by atoms with E-state index in [4.69, 9.17) is 4.42 Å². The van der Waals surface area contributed by atoms with Crippen LogP contribution in [0.25, 0.3) is 0 Å². The number of hydrogen-bond acceptors (Lipinski definition) is 2. The first kappa shape index (κ1) is 17.9. The highest BCUT2D eigenvalue weighted by atomic mass is 29.9. The van der Waals surface area contributed by atoms with E-state index in [-0.39, 0.29) is 0 Å². The monoisotopic (exact) mass is 342 g/mol. The Morgan fingerprint density at radius 1 is 0.850 bits per heavy atom. The summed E-state index contributed by atoms with van der Waals surface area (Å²) in [5.41, 5.74) is 0. The van der Waals surface area contributed by atoms with Crippen molar-refractivity contribution in [3.8, 4) is 0 Å². The Balaban J connectivity index is 3.69. The van der Waals surface area contributed by atoms with Crippen molar-refractivity contribution in [2.24, 2.45) is 0 Å². The topological polar surface area (TPSA) is 30.2 Å². The standard InChI is InChI=1S/C14H30O2Si4/c1-17(2,3)20(18(4,5)6,19(7,8)9)14(15)13-11-10-12-16-13/h10-12H,1-9H3. The van der Waals surface area contributed by atoms with Crippen LogP contribution in [-0.4, -0.2) is 34.8 Å². The Kier molecular flexibility index (Phi) is 4.67. The third-order valence-electron chi connectivity index (χ3n) is 4.46. The number of rotatable bonds is 5. The van der Waals surface area contributed by atoms with Crippen molar-refractivity contribution in [1.82, 2.24) is 0 Å². The number of furan rings is 1. The molecule has 1 rings (SSSR count). The summed E-state index contributed by atoms with van der Waals surface area (Å²) >= 11 is 0. The lowest BCUT2D eigenvalue weighted by molar-refractivity contribution is 0.105. The molecule has 0 aliphatic carbocycles. The van der Waals surface area contributed by atoms with Gasteiger partial charge in [0.05, 0.1) is 6.26 Å². The molecule has 0 fully saturated rings. The van der Waals surface area contributed by atoms with Gasteiger partial charge < -0.3 is 4.42 Å². The fourth-order valence-electron chi connectivity index (χ4n) is 4.99. The van der Waals surface area contributed by atoms with E-state index in [1.54, 1.807) is 6.26 Å². The van der Waals surface area contributed by atoms with Gasteiger partial charge in [0.15, 0.2) is 11.2 Å². The van der Waals surface area contributed by atoms with Crippen molar-refractivity contribution >= 4 is 34.8 Å². The second-order valence-corrected chi connectivity index (χ2v) is 49.0. The molecule has 0 saturated heterocycles. The molecule has 0 N–H and O–H groups in total. The molecule has 0 amide bonds. The fraction of sp³-hybridized carbons (Fsp3) is 0.643. The molecule has 0 bridgehead atoms. The molecular formula is C14H30O2Si4. The second-order valence-electron chi connectivity index (χ2n) is 8.81. The van der Waals surface area contributed by atoms with E-state index in [2.05, 4.69) is 58.9 Å². The van der Waals surface area contributed by atoms with Crippen LogP contribution in [0.3, 0.4) is 0 Å². The molecule has 1 aromatic rings. The molecule has 0 unspecified atom stereocenters. The van der Waals surface area contributed by atoms with Crippen LogP contribution in [0.2, 0.25) is 58.9 Å². The van der Waals surface area contributed by atoms with E-state index in [1.165, 1.54) is 0 Å². The quantitative estimate of drug-likeness (QED) is 0.726. The molecule has 114 valence electrons. The lowest BCUT2D eigenvalue weighted by Crippen LogP contribution is -2.86. The third kappa shape index (κ3) is 2.62. The lowest BCUT2D eigenvalue weighted by Gasteiger charge is -2.55. The first-order valence-electron chi connectivity index (χ1n) is 7.35. The fourth-order valence-corrected chi connectivity index (χ4v) is 103. The van der Waals surface area contributed by atoms with Crippen LogP contribution in [0.15, 0.2) is 22.8 Å². The summed E-state index contributed by atoms with van der Waals surface area (Å²) < 4.78 is 5.54. The molecule has 0 aromatic carbocycles. The van der Waals surface area contributed by atoms with E-state index in [1.807, 2.05) is 12.1 Å². The van der Waals surface area contributed by atoms with Gasteiger partial charge in [-0.15, -0.1) is 0 Å². The van der Waals surface area contributed by atoms with E-state index in [9.17, 15) is 4.79 Å². The van der Waals surface area contributed by atoms with Crippen LogP contribution >= 0.6 is 0 Å². The van der Waals surface area contributed by atoms with Crippen LogP contribution in [0.5, 0.6) is 0 Å². The summed E-state index contributed by atoms with van der Waals surface area (Å²) in [6.45, 7) is 19.8. The average Bonchev–Trinajstić information content (AvgIpc) is 2.61. The van der Waals surface area contributed by atoms with Gasteiger partial charge in [-0.2, -0.15) is 0 Å². The molecule has 0 aliphatic heterocycles. The highest BCUT2D eigenvalue weighted by molar-refractivity contribution is 7.97. The zero-order chi connectivity index (χ0) is 16.0. The first-order chi connectivity index (χ1) is 8.77. The number of hydrogen-bond donors (Lipinski definition) is 0. The van der Waals surface area contributed by atoms with Gasteiger partial charge in [0.1, 0.15) is 6.63 Å². The molecule has 0 aliphatic rings. The van der Waals surface area contributed by atoms with Crippen molar-refractivity contribution in [3.05, 3.63) is 24.2 Å². The molecule has 1 aromatic heterocycles. The maximum absolute atomic E-state index is 13.5. The van der Waals surface area contributed by atoms with Crippen LogP contribution in [-0.2, 0) is 0 Å².